The van der Waals surface area contributed by atoms with Crippen LogP contribution in [0.2, 0.25) is 0 Å². The van der Waals surface area contributed by atoms with Gasteiger partial charge >= 0.3 is 5.16 Å². The number of fused-ring (bicyclic) bond motifs is 1. The van der Waals surface area contributed by atoms with Crippen LogP contribution in [0.4, 0.5) is 0 Å². The van der Waals surface area contributed by atoms with E-state index in [-0.39, 0.29) is 5.56 Å². The van der Waals surface area contributed by atoms with Crippen LogP contribution in [0.5, 0.6) is 0 Å². The molecule has 5 nitrogen and oxygen atoms in total. The van der Waals surface area contributed by atoms with E-state index in [0.29, 0.717) is 4.90 Å². The maximum Gasteiger partial charge on any atom is 0.319 e. The quantitative estimate of drug-likeness (QED) is 0.641. The van der Waals surface area contributed by atoms with E-state index in [2.05, 4.69) is 20.2 Å². The molecule has 3 rings (SSSR count). The molecule has 4 N–H and O–H groups in total. The molecule has 0 radical (unpaired) electrons. The Morgan fingerprint density at radius 2 is 2.06 bits per heavy atom. The summed E-state index contributed by atoms with van der Waals surface area (Å²) in [6.07, 6.45) is 0. The van der Waals surface area contributed by atoms with Gasteiger partial charge in [0.05, 0.1) is 0 Å². The summed E-state index contributed by atoms with van der Waals surface area (Å²) in [6.45, 7) is 1.86. The predicted molar refractivity (Wildman–Crippen MR) is 65.1 cm³/mol. The number of rotatable bonds is 2. The summed E-state index contributed by atoms with van der Waals surface area (Å²) < 4.78 is 0. The van der Waals surface area contributed by atoms with Gasteiger partial charge in [-0.3, -0.25) is 9.89 Å². The number of aromatic nitrogens is 4. The van der Waals surface area contributed by atoms with E-state index in [9.17, 15) is 4.79 Å². The number of hydrogen-bond acceptors (Lipinski definition) is 2. The first kappa shape index (κ1) is 10.2. The first-order valence-corrected chi connectivity index (χ1v) is 6.01. The van der Waals surface area contributed by atoms with Crippen molar-refractivity contribution < 1.29 is 4.98 Å². The fraction of sp³-hybridized carbons (Fsp3) is 0.0909. The normalized spacial score (nSPS) is 11.1. The van der Waals surface area contributed by atoms with Crippen LogP contribution in [-0.2, 0) is 0 Å². The monoisotopic (exact) mass is 247 g/mol. The minimum atomic E-state index is -0.0976. The lowest BCUT2D eigenvalue weighted by molar-refractivity contribution is -0.396. The molecule has 0 unspecified atom stereocenters. The molecule has 0 saturated heterocycles. The van der Waals surface area contributed by atoms with Crippen molar-refractivity contribution in [2.75, 3.05) is 0 Å². The summed E-state index contributed by atoms with van der Waals surface area (Å²) in [5, 5.41) is 6.21. The Kier molecular flexibility index (Phi) is 2.29. The van der Waals surface area contributed by atoms with Crippen molar-refractivity contribution in [3.05, 3.63) is 40.3 Å². The largest absolute Gasteiger partial charge is 0.319 e. The summed E-state index contributed by atoms with van der Waals surface area (Å²) in [5.74, 6) is 0. The van der Waals surface area contributed by atoms with Crippen molar-refractivity contribution in [2.45, 2.75) is 17.0 Å². The van der Waals surface area contributed by atoms with Crippen molar-refractivity contribution >= 4 is 22.8 Å². The molecule has 17 heavy (non-hydrogen) atoms. The van der Waals surface area contributed by atoms with Crippen LogP contribution in [0.25, 0.3) is 11.0 Å². The lowest BCUT2D eigenvalue weighted by atomic mass is 10.3. The summed E-state index contributed by atoms with van der Waals surface area (Å²) in [5.41, 5.74) is 2.80. The fourth-order valence-corrected chi connectivity index (χ4v) is 2.56. The molecule has 0 bridgehead atoms. The molecular formula is C11H11N4OS+. The summed E-state index contributed by atoms with van der Waals surface area (Å²) >= 11 is 1.39. The maximum atomic E-state index is 11.5. The van der Waals surface area contributed by atoms with Gasteiger partial charge < -0.3 is 5.10 Å². The highest BCUT2D eigenvalue weighted by Gasteiger charge is 2.15. The van der Waals surface area contributed by atoms with Crippen molar-refractivity contribution in [1.82, 2.24) is 15.2 Å². The van der Waals surface area contributed by atoms with Gasteiger partial charge in [0.15, 0.2) is 11.0 Å². The SMILES string of the molecule is Cc1[nH][nH]c(=O)c1Sc1[nH]c2ccccc2[nH+]1. The van der Waals surface area contributed by atoms with Gasteiger partial charge in [0.1, 0.15) is 4.90 Å². The first-order chi connectivity index (χ1) is 8.24. The Morgan fingerprint density at radius 1 is 1.24 bits per heavy atom. The van der Waals surface area contributed by atoms with Crippen molar-refractivity contribution in [3.8, 4) is 0 Å². The van der Waals surface area contributed by atoms with Gasteiger partial charge in [-0.15, -0.1) is 0 Å². The predicted octanol–water partition coefficient (Wildman–Crippen LogP) is 1.46. The Hall–Kier alpha value is -1.95. The van der Waals surface area contributed by atoms with Gasteiger partial charge in [0, 0.05) is 17.5 Å². The number of imidazole rings is 1. The first-order valence-electron chi connectivity index (χ1n) is 5.19. The molecular weight excluding hydrogens is 236 g/mol. The number of hydrogen-bond donors (Lipinski definition) is 3. The third kappa shape index (κ3) is 1.76. The van der Waals surface area contributed by atoms with Crippen molar-refractivity contribution in [2.24, 2.45) is 0 Å². The Labute approximate surface area is 101 Å². The Balaban J connectivity index is 2.03. The van der Waals surface area contributed by atoms with Crippen LogP contribution < -0.4 is 10.5 Å². The Morgan fingerprint density at radius 3 is 2.76 bits per heavy atom. The molecule has 0 atom stereocenters. The highest BCUT2D eigenvalue weighted by Crippen LogP contribution is 2.23. The zero-order valence-corrected chi connectivity index (χ0v) is 9.94. The van der Waals surface area contributed by atoms with Crippen LogP contribution >= 0.6 is 11.8 Å². The van der Waals surface area contributed by atoms with Gasteiger partial charge in [-0.05, 0) is 19.1 Å². The summed E-state index contributed by atoms with van der Waals surface area (Å²) in [4.78, 5) is 18.7. The second-order valence-electron chi connectivity index (χ2n) is 3.76. The number of aromatic amines is 4. The van der Waals surface area contributed by atoms with Gasteiger partial charge in [-0.2, -0.15) is 0 Å². The molecule has 0 aliphatic heterocycles. The van der Waals surface area contributed by atoms with E-state index in [0.717, 1.165) is 21.9 Å². The molecule has 0 fully saturated rings. The van der Waals surface area contributed by atoms with E-state index in [1.807, 2.05) is 31.2 Å². The van der Waals surface area contributed by atoms with Gasteiger partial charge in [-0.25, -0.2) is 9.97 Å². The standard InChI is InChI=1S/C11H10N4OS/c1-6-9(10(16)15-14-6)17-11-12-7-4-2-3-5-8(7)13-11/h2-5H,1H3,(H,12,13)(H2,14,15,16)/p+1. The fourth-order valence-electron chi connectivity index (χ4n) is 1.69. The number of nitrogens with one attached hydrogen (secondary N) is 4. The molecule has 0 saturated carbocycles. The molecule has 1 aromatic carbocycles. The summed E-state index contributed by atoms with van der Waals surface area (Å²) in [6, 6.07) is 7.92. The molecule has 0 aliphatic rings. The Bertz CT molecular complexity index is 691. The topological polar surface area (TPSA) is 78.6 Å². The van der Waals surface area contributed by atoms with Gasteiger partial charge in [-0.1, -0.05) is 12.1 Å². The number of para-hydroxylation sites is 2. The minimum absolute atomic E-state index is 0.0976. The third-order valence-corrected chi connectivity index (χ3v) is 3.64. The van der Waals surface area contributed by atoms with Crippen LogP contribution in [-0.4, -0.2) is 15.2 Å². The van der Waals surface area contributed by atoms with Gasteiger partial charge in [0.2, 0.25) is 0 Å². The van der Waals surface area contributed by atoms with Crippen LogP contribution in [0, 0.1) is 6.92 Å². The number of benzene rings is 1. The van der Waals surface area contributed by atoms with Crippen molar-refractivity contribution in [1.29, 1.82) is 0 Å². The molecule has 2 heterocycles. The van der Waals surface area contributed by atoms with Gasteiger partial charge in [0.25, 0.3) is 5.56 Å². The van der Waals surface area contributed by atoms with Crippen LogP contribution in [0.3, 0.4) is 0 Å². The summed E-state index contributed by atoms with van der Waals surface area (Å²) in [7, 11) is 0. The second-order valence-corrected chi connectivity index (χ2v) is 4.78. The molecule has 0 amide bonds. The van der Waals surface area contributed by atoms with Crippen LogP contribution in [0.1, 0.15) is 5.69 Å². The van der Waals surface area contributed by atoms with E-state index in [4.69, 9.17) is 0 Å². The van der Waals surface area contributed by atoms with E-state index >= 15 is 0 Å². The third-order valence-electron chi connectivity index (χ3n) is 2.54. The number of aryl methyl sites for hydroxylation is 1. The minimum Gasteiger partial charge on any atom is -0.301 e. The van der Waals surface area contributed by atoms with E-state index in [1.54, 1.807) is 0 Å². The average molecular weight is 247 g/mol. The zero-order chi connectivity index (χ0) is 11.8. The molecule has 6 heteroatoms. The van der Waals surface area contributed by atoms with E-state index < -0.39 is 0 Å². The molecule has 0 spiro atoms. The second kappa shape index (κ2) is 3.81. The zero-order valence-electron chi connectivity index (χ0n) is 9.13. The maximum absolute atomic E-state index is 11.5. The smallest absolute Gasteiger partial charge is 0.301 e. The average Bonchev–Trinajstić information content (AvgIpc) is 2.87. The molecule has 2 aromatic heterocycles. The molecule has 3 aromatic rings. The molecule has 86 valence electrons. The highest BCUT2D eigenvalue weighted by atomic mass is 32.2. The van der Waals surface area contributed by atoms with Crippen LogP contribution in [0.15, 0.2) is 39.1 Å². The number of H-pyrrole nitrogens is 4. The van der Waals surface area contributed by atoms with Crippen molar-refractivity contribution in [3.63, 3.8) is 0 Å². The molecule has 0 aliphatic carbocycles. The highest BCUT2D eigenvalue weighted by molar-refractivity contribution is 7.99. The van der Waals surface area contributed by atoms with E-state index in [1.165, 1.54) is 11.8 Å². The lowest BCUT2D eigenvalue weighted by Gasteiger charge is -1.88. The lowest BCUT2D eigenvalue weighted by Crippen LogP contribution is -2.05.